The van der Waals surface area contributed by atoms with Crippen LogP contribution in [0.2, 0.25) is 5.02 Å². The molecule has 14 heavy (non-hydrogen) atoms. The number of rotatable bonds is 2. The molecule has 0 fully saturated rings. The van der Waals surface area contributed by atoms with Gasteiger partial charge in [-0.25, -0.2) is 0 Å². The molecule has 0 unspecified atom stereocenters. The number of hydrogen-bond donors (Lipinski definition) is 2. The minimum Gasteiger partial charge on any atom is -0.320 e. The first kappa shape index (κ1) is 9.66. The first-order valence-electron chi connectivity index (χ1n) is 3.71. The molecule has 72 valence electrons. The Balaban J connectivity index is 2.28. The van der Waals surface area contributed by atoms with Crippen LogP contribution in [-0.2, 0) is 0 Å². The number of nitrogens with one attached hydrogen (secondary N) is 2. The molecule has 0 aliphatic carbocycles. The molecule has 5 nitrogen and oxygen atoms in total. The maximum absolute atomic E-state index is 5.96. The lowest BCUT2D eigenvalue weighted by molar-refractivity contribution is 0.881. The third kappa shape index (κ3) is 2.13. The van der Waals surface area contributed by atoms with E-state index in [2.05, 4.69) is 48.5 Å². The molecule has 1 aromatic carbocycles. The van der Waals surface area contributed by atoms with Crippen molar-refractivity contribution in [2.45, 2.75) is 0 Å². The molecule has 1 heterocycles. The van der Waals surface area contributed by atoms with Crippen LogP contribution in [0, 0.1) is 3.57 Å². The minimum atomic E-state index is 0.397. The molecule has 0 saturated heterocycles. The average Bonchev–Trinajstić information content (AvgIpc) is 2.64. The zero-order chi connectivity index (χ0) is 9.97. The summed E-state index contributed by atoms with van der Waals surface area (Å²) in [5.74, 6) is 0.397. The second-order valence-corrected chi connectivity index (χ2v) is 4.14. The van der Waals surface area contributed by atoms with Crippen molar-refractivity contribution in [1.82, 2.24) is 20.6 Å². The van der Waals surface area contributed by atoms with Gasteiger partial charge in [0.25, 0.3) is 5.95 Å². The van der Waals surface area contributed by atoms with Gasteiger partial charge in [0, 0.05) is 3.57 Å². The monoisotopic (exact) mass is 321 g/mol. The first-order chi connectivity index (χ1) is 6.75. The van der Waals surface area contributed by atoms with Gasteiger partial charge in [-0.05, 0) is 46.0 Å². The molecule has 0 saturated carbocycles. The molecule has 0 bridgehead atoms. The van der Waals surface area contributed by atoms with E-state index in [1.165, 1.54) is 0 Å². The highest BCUT2D eigenvalue weighted by atomic mass is 127. The summed E-state index contributed by atoms with van der Waals surface area (Å²) < 4.78 is 1.08. The third-order valence-corrected chi connectivity index (χ3v) is 2.52. The van der Waals surface area contributed by atoms with Crippen LogP contribution in [0.3, 0.4) is 0 Å². The maximum Gasteiger partial charge on any atom is 0.267 e. The van der Waals surface area contributed by atoms with Crippen LogP contribution in [0.4, 0.5) is 11.6 Å². The highest BCUT2D eigenvalue weighted by molar-refractivity contribution is 14.1. The second kappa shape index (κ2) is 4.09. The van der Waals surface area contributed by atoms with Gasteiger partial charge in [0.15, 0.2) is 0 Å². The van der Waals surface area contributed by atoms with Gasteiger partial charge in [-0.15, -0.1) is 5.10 Å². The highest BCUT2D eigenvalue weighted by Crippen LogP contribution is 2.25. The Labute approximate surface area is 98.4 Å². The van der Waals surface area contributed by atoms with Crippen molar-refractivity contribution in [2.75, 3.05) is 5.32 Å². The van der Waals surface area contributed by atoms with E-state index in [9.17, 15) is 0 Å². The van der Waals surface area contributed by atoms with E-state index < -0.39 is 0 Å². The van der Waals surface area contributed by atoms with Crippen molar-refractivity contribution in [3.63, 3.8) is 0 Å². The van der Waals surface area contributed by atoms with Gasteiger partial charge < -0.3 is 5.32 Å². The number of nitrogens with zero attached hydrogens (tertiary/aromatic N) is 3. The van der Waals surface area contributed by atoms with E-state index in [0.29, 0.717) is 11.0 Å². The molecule has 2 rings (SSSR count). The molecule has 0 amide bonds. The standard InChI is InChI=1S/C7H5ClIN5/c8-5-2-1-4(9)3-6(5)10-7-11-13-14-12-7/h1-3H,(H2,10,11,12,13,14). The molecule has 2 N–H and O–H groups in total. The number of hydrogen-bond acceptors (Lipinski definition) is 4. The van der Waals surface area contributed by atoms with Crippen LogP contribution in [0.5, 0.6) is 0 Å². The van der Waals surface area contributed by atoms with Gasteiger partial charge in [-0.3, -0.25) is 0 Å². The van der Waals surface area contributed by atoms with Gasteiger partial charge in [0.05, 0.1) is 10.7 Å². The molecule has 0 spiro atoms. The van der Waals surface area contributed by atoms with Crippen LogP contribution < -0.4 is 5.32 Å². The number of tetrazole rings is 1. The van der Waals surface area contributed by atoms with Gasteiger partial charge in [-0.2, -0.15) is 5.21 Å². The zero-order valence-corrected chi connectivity index (χ0v) is 9.74. The van der Waals surface area contributed by atoms with E-state index in [1.807, 2.05) is 18.2 Å². The van der Waals surface area contributed by atoms with Crippen molar-refractivity contribution in [3.05, 3.63) is 26.8 Å². The minimum absolute atomic E-state index is 0.397. The largest absolute Gasteiger partial charge is 0.320 e. The van der Waals surface area contributed by atoms with Gasteiger partial charge in [0.1, 0.15) is 0 Å². The molecule has 0 atom stereocenters. The Bertz CT molecular complexity index is 430. The molecule has 0 aliphatic rings. The number of aromatic amines is 1. The van der Waals surface area contributed by atoms with Crippen molar-refractivity contribution in [1.29, 1.82) is 0 Å². The fourth-order valence-corrected chi connectivity index (χ4v) is 1.58. The summed E-state index contributed by atoms with van der Waals surface area (Å²) in [6.45, 7) is 0. The molecular weight excluding hydrogens is 316 g/mol. The first-order valence-corrected chi connectivity index (χ1v) is 5.17. The second-order valence-electron chi connectivity index (χ2n) is 2.48. The van der Waals surface area contributed by atoms with E-state index >= 15 is 0 Å². The Morgan fingerprint density at radius 2 is 2.29 bits per heavy atom. The fourth-order valence-electron chi connectivity index (χ4n) is 0.928. The maximum atomic E-state index is 5.96. The van der Waals surface area contributed by atoms with E-state index in [0.717, 1.165) is 9.26 Å². The smallest absolute Gasteiger partial charge is 0.267 e. The summed E-state index contributed by atoms with van der Waals surface area (Å²) in [4.78, 5) is 0. The summed E-state index contributed by atoms with van der Waals surface area (Å²) in [7, 11) is 0. The lowest BCUT2D eigenvalue weighted by Gasteiger charge is -2.03. The number of halogens is 2. The Kier molecular flexibility index (Phi) is 2.82. The topological polar surface area (TPSA) is 66.5 Å². The molecule has 1 aromatic heterocycles. The van der Waals surface area contributed by atoms with Crippen LogP contribution >= 0.6 is 34.2 Å². The van der Waals surface area contributed by atoms with Crippen molar-refractivity contribution >= 4 is 45.8 Å². The van der Waals surface area contributed by atoms with E-state index in [-0.39, 0.29) is 0 Å². The molecule has 2 aromatic rings. The van der Waals surface area contributed by atoms with Crippen LogP contribution in [0.1, 0.15) is 0 Å². The quantitative estimate of drug-likeness (QED) is 0.832. The van der Waals surface area contributed by atoms with Crippen molar-refractivity contribution in [3.8, 4) is 0 Å². The third-order valence-electron chi connectivity index (χ3n) is 1.52. The Hall–Kier alpha value is -0.890. The summed E-state index contributed by atoms with van der Waals surface area (Å²) in [5, 5.41) is 16.9. The van der Waals surface area contributed by atoms with E-state index in [1.54, 1.807) is 0 Å². The van der Waals surface area contributed by atoms with Crippen LogP contribution in [-0.4, -0.2) is 20.6 Å². The number of benzene rings is 1. The lowest BCUT2D eigenvalue weighted by Crippen LogP contribution is -1.93. The Morgan fingerprint density at radius 3 is 3.00 bits per heavy atom. The van der Waals surface area contributed by atoms with Crippen molar-refractivity contribution in [2.24, 2.45) is 0 Å². The van der Waals surface area contributed by atoms with Gasteiger partial charge in [0.2, 0.25) is 0 Å². The van der Waals surface area contributed by atoms with Gasteiger partial charge >= 0.3 is 0 Å². The molecular formula is C7H5ClIN5. The highest BCUT2D eigenvalue weighted by Gasteiger charge is 2.03. The summed E-state index contributed by atoms with van der Waals surface area (Å²) in [6, 6.07) is 5.63. The number of anilines is 2. The lowest BCUT2D eigenvalue weighted by atomic mass is 10.3. The summed E-state index contributed by atoms with van der Waals surface area (Å²) >= 11 is 8.16. The normalized spacial score (nSPS) is 10.1. The zero-order valence-electron chi connectivity index (χ0n) is 6.83. The summed E-state index contributed by atoms with van der Waals surface area (Å²) in [5.41, 5.74) is 0.764. The Morgan fingerprint density at radius 1 is 1.43 bits per heavy atom. The van der Waals surface area contributed by atoms with Gasteiger partial charge in [-0.1, -0.05) is 16.7 Å². The molecule has 7 heteroatoms. The van der Waals surface area contributed by atoms with Crippen LogP contribution in [0.15, 0.2) is 18.2 Å². The molecule has 0 radical (unpaired) electrons. The number of H-pyrrole nitrogens is 1. The summed E-state index contributed by atoms with van der Waals surface area (Å²) in [6.07, 6.45) is 0. The average molecular weight is 322 g/mol. The SMILES string of the molecule is Clc1ccc(I)cc1Nc1nn[nH]n1. The van der Waals surface area contributed by atoms with E-state index in [4.69, 9.17) is 11.6 Å². The van der Waals surface area contributed by atoms with Crippen LogP contribution in [0.25, 0.3) is 0 Å². The van der Waals surface area contributed by atoms with Crippen molar-refractivity contribution < 1.29 is 0 Å². The number of aromatic nitrogens is 4. The predicted octanol–water partition coefficient (Wildman–Crippen LogP) is 2.20. The fraction of sp³-hybridized carbons (Fsp3) is 0. The predicted molar refractivity (Wildman–Crippen MR) is 61.6 cm³/mol. The molecule has 0 aliphatic heterocycles.